The first-order valence-electron chi connectivity index (χ1n) is 7.44. The molecule has 2 atom stereocenters. The van der Waals surface area contributed by atoms with Gasteiger partial charge in [-0.15, -0.1) is 0 Å². The Hall–Kier alpha value is -1.06. The molecule has 0 bridgehead atoms. The van der Waals surface area contributed by atoms with Crippen LogP contribution in [0.3, 0.4) is 0 Å². The van der Waals surface area contributed by atoms with E-state index >= 15 is 0 Å². The molecule has 20 heavy (non-hydrogen) atoms. The van der Waals surface area contributed by atoms with Crippen molar-refractivity contribution < 1.29 is 9.84 Å². The van der Waals surface area contributed by atoms with Crippen LogP contribution in [0.15, 0.2) is 24.3 Å². The summed E-state index contributed by atoms with van der Waals surface area (Å²) in [5.41, 5.74) is 1.32. The highest BCUT2D eigenvalue weighted by molar-refractivity contribution is 5.28. The van der Waals surface area contributed by atoms with E-state index in [0.717, 1.165) is 36.9 Å². The van der Waals surface area contributed by atoms with Crippen molar-refractivity contribution in [2.45, 2.75) is 33.3 Å². The minimum atomic E-state index is -0.417. The fraction of sp³-hybridized carbons (Fsp3) is 0.647. The van der Waals surface area contributed by atoms with Gasteiger partial charge in [0.25, 0.3) is 0 Å². The van der Waals surface area contributed by atoms with Crippen LogP contribution in [0.1, 0.15) is 38.9 Å². The number of likely N-dealkylation sites (tertiary alicyclic amines) is 1. The predicted molar refractivity (Wildman–Crippen MR) is 82.0 cm³/mol. The zero-order valence-corrected chi connectivity index (χ0v) is 13.1. The number of rotatable bonds is 4. The van der Waals surface area contributed by atoms with Gasteiger partial charge >= 0.3 is 0 Å². The molecule has 0 saturated carbocycles. The van der Waals surface area contributed by atoms with Gasteiger partial charge in [0.1, 0.15) is 5.75 Å². The van der Waals surface area contributed by atoms with Crippen LogP contribution in [0, 0.1) is 11.3 Å². The average molecular weight is 277 g/mol. The molecule has 1 saturated heterocycles. The fourth-order valence-corrected chi connectivity index (χ4v) is 2.88. The van der Waals surface area contributed by atoms with E-state index in [9.17, 15) is 5.11 Å². The maximum absolute atomic E-state index is 10.4. The summed E-state index contributed by atoms with van der Waals surface area (Å²) in [6.45, 7) is 9.83. The molecule has 1 aliphatic rings. The number of aliphatic hydroxyl groups excluding tert-OH is 1. The number of ether oxygens (including phenoxy) is 1. The third-order valence-corrected chi connectivity index (χ3v) is 4.43. The van der Waals surface area contributed by atoms with Gasteiger partial charge < -0.3 is 14.7 Å². The van der Waals surface area contributed by atoms with E-state index in [2.05, 4.69) is 25.7 Å². The molecule has 3 heteroatoms. The molecule has 2 unspecified atom stereocenters. The first-order chi connectivity index (χ1) is 9.40. The Morgan fingerprint density at radius 1 is 1.30 bits per heavy atom. The molecule has 112 valence electrons. The average Bonchev–Trinajstić information content (AvgIpc) is 2.87. The molecule has 1 fully saturated rings. The first-order valence-corrected chi connectivity index (χ1v) is 7.44. The summed E-state index contributed by atoms with van der Waals surface area (Å²) in [4.78, 5) is 2.38. The van der Waals surface area contributed by atoms with Gasteiger partial charge in [0.2, 0.25) is 0 Å². The topological polar surface area (TPSA) is 32.7 Å². The smallest absolute Gasteiger partial charge is 0.118 e. The van der Waals surface area contributed by atoms with Crippen LogP contribution < -0.4 is 4.74 Å². The number of aliphatic hydroxyl groups is 1. The van der Waals surface area contributed by atoms with E-state index in [0.29, 0.717) is 5.41 Å². The summed E-state index contributed by atoms with van der Waals surface area (Å²) >= 11 is 0. The van der Waals surface area contributed by atoms with Crippen molar-refractivity contribution in [3.8, 4) is 5.75 Å². The normalized spacial score (nSPS) is 21.9. The quantitative estimate of drug-likeness (QED) is 0.918. The highest BCUT2D eigenvalue weighted by atomic mass is 16.5. The predicted octanol–water partition coefficient (Wildman–Crippen LogP) is 3.10. The number of benzene rings is 1. The van der Waals surface area contributed by atoms with E-state index in [4.69, 9.17) is 4.74 Å². The Kier molecular flexibility index (Phi) is 4.71. The Morgan fingerprint density at radius 3 is 2.45 bits per heavy atom. The largest absolute Gasteiger partial charge is 0.497 e. The molecule has 0 amide bonds. The lowest BCUT2D eigenvalue weighted by atomic mass is 9.80. The maximum atomic E-state index is 10.4. The van der Waals surface area contributed by atoms with E-state index in [1.54, 1.807) is 7.11 Å². The zero-order chi connectivity index (χ0) is 14.8. The summed E-state index contributed by atoms with van der Waals surface area (Å²) in [6, 6.07) is 7.70. The van der Waals surface area contributed by atoms with E-state index < -0.39 is 6.10 Å². The van der Waals surface area contributed by atoms with E-state index in [-0.39, 0.29) is 0 Å². The number of nitrogens with zero attached hydrogens (tertiary/aromatic N) is 1. The fourth-order valence-electron chi connectivity index (χ4n) is 2.88. The molecule has 1 aliphatic heterocycles. The zero-order valence-electron chi connectivity index (χ0n) is 13.1. The molecule has 1 heterocycles. The van der Waals surface area contributed by atoms with Crippen molar-refractivity contribution in [1.82, 2.24) is 4.90 Å². The van der Waals surface area contributed by atoms with Crippen LogP contribution in [-0.2, 0) is 0 Å². The lowest BCUT2D eigenvalue weighted by molar-refractivity contribution is 0.118. The monoisotopic (exact) mass is 277 g/mol. The summed E-state index contributed by atoms with van der Waals surface area (Å²) in [5.74, 6) is 1.56. The molecule has 0 radical (unpaired) electrons. The number of β-amino-alcohol motifs (C(OH)–C–C–N with tert-alkyl or cyclic N) is 1. The molecule has 1 aromatic rings. The van der Waals surface area contributed by atoms with Gasteiger partial charge in [-0.1, -0.05) is 32.9 Å². The van der Waals surface area contributed by atoms with Crippen LogP contribution in [0.25, 0.3) is 0 Å². The van der Waals surface area contributed by atoms with Crippen molar-refractivity contribution in [2.75, 3.05) is 26.7 Å². The van der Waals surface area contributed by atoms with Gasteiger partial charge in [0, 0.05) is 13.1 Å². The van der Waals surface area contributed by atoms with Gasteiger partial charge in [-0.2, -0.15) is 0 Å². The molecule has 1 aromatic carbocycles. The van der Waals surface area contributed by atoms with Crippen molar-refractivity contribution in [3.05, 3.63) is 29.8 Å². The minimum absolute atomic E-state index is 0.361. The molecule has 0 spiro atoms. The van der Waals surface area contributed by atoms with Crippen LogP contribution in [0.2, 0.25) is 0 Å². The van der Waals surface area contributed by atoms with Crippen molar-refractivity contribution in [2.24, 2.45) is 11.3 Å². The highest BCUT2D eigenvalue weighted by Gasteiger charge is 2.32. The SMILES string of the molecule is COc1ccc(C(O)CN2CCC(C(C)(C)C)C2)cc1. The third kappa shape index (κ3) is 3.74. The van der Waals surface area contributed by atoms with E-state index in [1.807, 2.05) is 24.3 Å². The Balaban J connectivity index is 1.90. The Morgan fingerprint density at radius 2 is 1.95 bits per heavy atom. The summed E-state index contributed by atoms with van der Waals surface area (Å²) in [6.07, 6.45) is 0.818. The van der Waals surface area contributed by atoms with Crippen molar-refractivity contribution in [3.63, 3.8) is 0 Å². The molecular weight excluding hydrogens is 250 g/mol. The van der Waals surface area contributed by atoms with Gasteiger partial charge in [0.05, 0.1) is 13.2 Å². The summed E-state index contributed by atoms with van der Waals surface area (Å²) < 4.78 is 5.14. The van der Waals surface area contributed by atoms with Crippen molar-refractivity contribution >= 4 is 0 Å². The lowest BCUT2D eigenvalue weighted by Gasteiger charge is -2.27. The number of methoxy groups -OCH3 is 1. The second kappa shape index (κ2) is 6.15. The first kappa shape index (κ1) is 15.3. The Bertz CT molecular complexity index is 422. The van der Waals surface area contributed by atoms with Crippen LogP contribution in [0.4, 0.5) is 0 Å². The van der Waals surface area contributed by atoms with Crippen LogP contribution in [0.5, 0.6) is 5.75 Å². The molecular formula is C17H27NO2. The molecule has 1 N–H and O–H groups in total. The van der Waals surface area contributed by atoms with E-state index in [1.165, 1.54) is 6.42 Å². The van der Waals surface area contributed by atoms with Gasteiger partial charge in [-0.25, -0.2) is 0 Å². The van der Waals surface area contributed by atoms with Gasteiger partial charge in [-0.05, 0) is 42.0 Å². The molecule has 0 aliphatic carbocycles. The van der Waals surface area contributed by atoms with Gasteiger partial charge in [-0.3, -0.25) is 0 Å². The second-order valence-corrected chi connectivity index (χ2v) is 6.90. The second-order valence-electron chi connectivity index (χ2n) is 6.90. The lowest BCUT2D eigenvalue weighted by Crippen LogP contribution is -2.29. The standard InChI is InChI=1S/C17H27NO2/c1-17(2,3)14-9-10-18(11-14)12-16(19)13-5-7-15(20-4)8-6-13/h5-8,14,16,19H,9-12H2,1-4H3. The van der Waals surface area contributed by atoms with Crippen molar-refractivity contribution in [1.29, 1.82) is 0 Å². The minimum Gasteiger partial charge on any atom is -0.497 e. The number of hydrogen-bond acceptors (Lipinski definition) is 3. The molecule has 0 aromatic heterocycles. The van der Waals surface area contributed by atoms with Gasteiger partial charge in [0.15, 0.2) is 0 Å². The highest BCUT2D eigenvalue weighted by Crippen LogP contribution is 2.34. The van der Waals surface area contributed by atoms with Crippen LogP contribution in [-0.4, -0.2) is 36.8 Å². The molecule has 2 rings (SSSR count). The third-order valence-electron chi connectivity index (χ3n) is 4.43. The Labute approximate surface area is 122 Å². The van der Waals surface area contributed by atoms with Crippen LogP contribution >= 0.6 is 0 Å². The summed E-state index contributed by atoms with van der Waals surface area (Å²) in [5, 5.41) is 10.4. The summed E-state index contributed by atoms with van der Waals surface area (Å²) in [7, 11) is 1.66. The number of hydrogen-bond donors (Lipinski definition) is 1. The maximum Gasteiger partial charge on any atom is 0.118 e. The molecule has 3 nitrogen and oxygen atoms in total.